The molecule has 1 fully saturated rings. The number of aromatic nitrogens is 1. The van der Waals surface area contributed by atoms with Crippen molar-refractivity contribution in [1.82, 2.24) is 4.57 Å². The second-order valence-corrected chi connectivity index (χ2v) is 8.53. The highest BCUT2D eigenvalue weighted by molar-refractivity contribution is 7.09. The largest absolute Gasteiger partial charge is 0.496 e. The smallest absolute Gasteiger partial charge is 0.283 e. The Morgan fingerprint density at radius 3 is 2.96 bits per heavy atom. The molecule has 1 saturated heterocycles. The molecule has 1 aromatic heterocycles. The van der Waals surface area contributed by atoms with Gasteiger partial charge < -0.3 is 14.0 Å². The van der Waals surface area contributed by atoms with Crippen molar-refractivity contribution in [3.05, 3.63) is 44.2 Å². The molecule has 2 aromatic rings. The van der Waals surface area contributed by atoms with Gasteiger partial charge in [0.25, 0.3) is 5.91 Å². The zero-order valence-corrected chi connectivity index (χ0v) is 16.9. The third-order valence-electron chi connectivity index (χ3n) is 5.28. The highest BCUT2D eigenvalue weighted by atomic mass is 35.5. The molecular weight excluding hydrogens is 384 g/mol. The molecule has 0 saturated carbocycles. The number of hydrogen-bond donors (Lipinski definition) is 0. The highest BCUT2D eigenvalue weighted by Gasteiger charge is 2.23. The Morgan fingerprint density at radius 1 is 1.37 bits per heavy atom. The van der Waals surface area contributed by atoms with E-state index >= 15 is 0 Å². The molecular formula is C20H23ClN2O3S. The molecule has 1 aliphatic heterocycles. The van der Waals surface area contributed by atoms with Crippen LogP contribution in [-0.4, -0.2) is 30.8 Å². The van der Waals surface area contributed by atoms with Crippen LogP contribution in [0.1, 0.15) is 40.2 Å². The van der Waals surface area contributed by atoms with Gasteiger partial charge in [-0.2, -0.15) is 4.99 Å². The van der Waals surface area contributed by atoms with Crippen LogP contribution in [-0.2, 0) is 24.1 Å². The van der Waals surface area contributed by atoms with Crippen molar-refractivity contribution in [2.75, 3.05) is 20.3 Å². The SMILES string of the molecule is COc1ccc(Cl)cc1C(=O)/N=c1\sc2c(n1CC1CCOCC1)CCC2. The number of nitrogens with zero attached hydrogens (tertiary/aromatic N) is 2. The minimum atomic E-state index is -0.310. The molecule has 5 nitrogen and oxygen atoms in total. The van der Waals surface area contributed by atoms with Gasteiger partial charge in [0.1, 0.15) is 5.75 Å². The molecule has 4 rings (SSSR count). The van der Waals surface area contributed by atoms with Crippen LogP contribution in [0.3, 0.4) is 0 Å². The first-order valence-corrected chi connectivity index (χ1v) is 10.6. The van der Waals surface area contributed by atoms with Gasteiger partial charge in [-0.05, 0) is 56.2 Å². The molecule has 27 heavy (non-hydrogen) atoms. The Hall–Kier alpha value is -1.63. The van der Waals surface area contributed by atoms with Crippen LogP contribution in [0, 0.1) is 5.92 Å². The maximum atomic E-state index is 12.9. The number of rotatable bonds is 4. The first-order valence-electron chi connectivity index (χ1n) is 9.37. The van der Waals surface area contributed by atoms with Gasteiger partial charge in [-0.15, -0.1) is 11.3 Å². The summed E-state index contributed by atoms with van der Waals surface area (Å²) in [7, 11) is 1.55. The summed E-state index contributed by atoms with van der Waals surface area (Å²) in [5.74, 6) is 0.760. The van der Waals surface area contributed by atoms with E-state index < -0.39 is 0 Å². The summed E-state index contributed by atoms with van der Waals surface area (Å²) < 4.78 is 13.1. The van der Waals surface area contributed by atoms with Crippen molar-refractivity contribution in [2.45, 2.75) is 38.6 Å². The summed E-state index contributed by atoms with van der Waals surface area (Å²) in [5, 5.41) is 0.498. The van der Waals surface area contributed by atoms with Crippen LogP contribution >= 0.6 is 22.9 Å². The lowest BCUT2D eigenvalue weighted by Gasteiger charge is -2.23. The van der Waals surface area contributed by atoms with E-state index in [-0.39, 0.29) is 5.91 Å². The van der Waals surface area contributed by atoms with Gasteiger partial charge in [0, 0.05) is 35.4 Å². The van der Waals surface area contributed by atoms with E-state index in [4.69, 9.17) is 21.1 Å². The molecule has 0 radical (unpaired) electrons. The van der Waals surface area contributed by atoms with Crippen LogP contribution < -0.4 is 9.54 Å². The molecule has 7 heteroatoms. The van der Waals surface area contributed by atoms with E-state index in [1.807, 2.05) is 0 Å². The topological polar surface area (TPSA) is 52.8 Å². The van der Waals surface area contributed by atoms with Gasteiger partial charge in [-0.1, -0.05) is 11.6 Å². The van der Waals surface area contributed by atoms with Crippen molar-refractivity contribution in [2.24, 2.45) is 10.9 Å². The molecule has 144 valence electrons. The van der Waals surface area contributed by atoms with Crippen molar-refractivity contribution >= 4 is 28.8 Å². The second kappa shape index (κ2) is 8.17. The van der Waals surface area contributed by atoms with Crippen molar-refractivity contribution in [3.63, 3.8) is 0 Å². The van der Waals surface area contributed by atoms with Crippen LogP contribution in [0.15, 0.2) is 23.2 Å². The second-order valence-electron chi connectivity index (χ2n) is 7.04. The molecule has 1 aliphatic carbocycles. The lowest BCUT2D eigenvalue weighted by atomic mass is 10.0. The number of methoxy groups -OCH3 is 1. The minimum Gasteiger partial charge on any atom is -0.496 e. The van der Waals surface area contributed by atoms with Crippen LogP contribution in [0.4, 0.5) is 0 Å². The number of halogens is 1. The first-order chi connectivity index (χ1) is 13.2. The maximum absolute atomic E-state index is 12.9. The molecule has 1 aromatic carbocycles. The van der Waals surface area contributed by atoms with E-state index in [2.05, 4.69) is 9.56 Å². The van der Waals surface area contributed by atoms with Crippen molar-refractivity contribution in [1.29, 1.82) is 0 Å². The molecule has 0 N–H and O–H groups in total. The van der Waals surface area contributed by atoms with E-state index in [9.17, 15) is 4.79 Å². The van der Waals surface area contributed by atoms with E-state index in [0.29, 0.717) is 22.3 Å². The van der Waals surface area contributed by atoms with Gasteiger partial charge >= 0.3 is 0 Å². The number of thiazole rings is 1. The fourth-order valence-electron chi connectivity index (χ4n) is 3.83. The van der Waals surface area contributed by atoms with Crippen LogP contribution in [0.5, 0.6) is 5.75 Å². The summed E-state index contributed by atoms with van der Waals surface area (Å²) >= 11 is 7.73. The lowest BCUT2D eigenvalue weighted by molar-refractivity contribution is 0.0607. The predicted molar refractivity (Wildman–Crippen MR) is 106 cm³/mol. The molecule has 1 amide bonds. The minimum absolute atomic E-state index is 0.310. The number of ether oxygens (including phenoxy) is 2. The summed E-state index contributed by atoms with van der Waals surface area (Å²) in [6, 6.07) is 5.04. The zero-order chi connectivity index (χ0) is 18.8. The Morgan fingerprint density at radius 2 is 2.19 bits per heavy atom. The fourth-order valence-corrected chi connectivity index (χ4v) is 5.22. The number of aryl methyl sites for hydroxylation is 1. The van der Waals surface area contributed by atoms with Crippen LogP contribution in [0.25, 0.3) is 0 Å². The van der Waals surface area contributed by atoms with Crippen LogP contribution in [0.2, 0.25) is 5.02 Å². The average Bonchev–Trinajstić information content (AvgIpc) is 3.25. The monoisotopic (exact) mass is 406 g/mol. The third-order valence-corrected chi connectivity index (χ3v) is 6.70. The number of hydrogen-bond acceptors (Lipinski definition) is 4. The number of benzene rings is 1. The summed E-state index contributed by atoms with van der Waals surface area (Å²) in [5.41, 5.74) is 1.76. The summed E-state index contributed by atoms with van der Waals surface area (Å²) in [6.45, 7) is 2.55. The third kappa shape index (κ3) is 3.98. The van der Waals surface area contributed by atoms with E-state index in [0.717, 1.165) is 50.2 Å². The Kier molecular flexibility index (Phi) is 5.66. The molecule has 0 atom stereocenters. The average molecular weight is 407 g/mol. The number of amides is 1. The normalized spacial score (nSPS) is 17.9. The first kappa shape index (κ1) is 18.7. The quantitative estimate of drug-likeness (QED) is 0.774. The maximum Gasteiger partial charge on any atom is 0.283 e. The highest BCUT2D eigenvalue weighted by Crippen LogP contribution is 2.27. The summed E-state index contributed by atoms with van der Waals surface area (Å²) in [6.07, 6.45) is 5.46. The van der Waals surface area contributed by atoms with Crippen molar-refractivity contribution < 1.29 is 14.3 Å². The Labute approximate surface area is 167 Å². The molecule has 2 heterocycles. The van der Waals surface area contributed by atoms with Gasteiger partial charge in [-0.3, -0.25) is 4.79 Å². The fraction of sp³-hybridized carbons (Fsp3) is 0.500. The van der Waals surface area contributed by atoms with Crippen molar-refractivity contribution in [3.8, 4) is 5.75 Å². The molecule has 0 bridgehead atoms. The Bertz CT molecular complexity index is 912. The zero-order valence-electron chi connectivity index (χ0n) is 15.4. The van der Waals surface area contributed by atoms with Gasteiger partial charge in [0.05, 0.1) is 12.7 Å². The molecule has 2 aliphatic rings. The number of carbonyl (C=O) groups excluding carboxylic acids is 1. The van der Waals surface area contributed by atoms with Gasteiger partial charge in [-0.25, -0.2) is 0 Å². The van der Waals surface area contributed by atoms with Gasteiger partial charge in [0.15, 0.2) is 4.80 Å². The Balaban J connectivity index is 1.70. The van der Waals surface area contributed by atoms with E-state index in [1.165, 1.54) is 17.0 Å². The summed E-state index contributed by atoms with van der Waals surface area (Å²) in [4.78, 5) is 19.5. The lowest BCUT2D eigenvalue weighted by Crippen LogP contribution is -2.27. The van der Waals surface area contributed by atoms with E-state index in [1.54, 1.807) is 36.6 Å². The molecule has 0 unspecified atom stereocenters. The van der Waals surface area contributed by atoms with Gasteiger partial charge in [0.2, 0.25) is 0 Å². The molecule has 0 spiro atoms. The number of fused-ring (bicyclic) bond motifs is 1. The standard InChI is InChI=1S/C20H23ClN2O3S/c1-25-17-6-5-14(21)11-15(17)19(24)22-20-23(12-13-7-9-26-10-8-13)16-3-2-4-18(16)27-20/h5-6,11,13H,2-4,7-10,12H2,1H3/b22-20-. The predicted octanol–water partition coefficient (Wildman–Crippen LogP) is 3.87. The number of carbonyl (C=O) groups is 1.